The first kappa shape index (κ1) is 8.90. The third kappa shape index (κ3) is 6.90. The minimum atomic E-state index is -1.14. The molecule has 0 fully saturated rings. The highest BCUT2D eigenvalue weighted by molar-refractivity contribution is 7.47. The van der Waals surface area contributed by atoms with Crippen LogP contribution < -0.4 is 4.65 Å². The Kier molecular flexibility index (Phi) is 4.27. The largest absolute Gasteiger partial charge is 0.370 e. The summed E-state index contributed by atoms with van der Waals surface area (Å²) in [5, 5.41) is 0. The van der Waals surface area contributed by atoms with Gasteiger partial charge in [0.1, 0.15) is 6.90 Å². The monoisotopic (exact) mass is 183 g/mol. The second-order valence-corrected chi connectivity index (χ2v) is 19.8. The number of hydrogen-bond acceptors (Lipinski definition) is 1. The van der Waals surface area contributed by atoms with Crippen LogP contribution in [0.25, 0.3) is 0 Å². The van der Waals surface area contributed by atoms with Crippen LogP contribution in [0.1, 0.15) is 0 Å². The Morgan fingerprint density at radius 1 is 1.50 bits per heavy atom. The van der Waals surface area contributed by atoms with E-state index in [1.165, 1.54) is 0 Å². The Hall–Kier alpha value is 0.901. The summed E-state index contributed by atoms with van der Waals surface area (Å²) < 4.78 is 3.50. The predicted octanol–water partition coefficient (Wildman–Crippen LogP) is -0.268. The van der Waals surface area contributed by atoms with Crippen molar-refractivity contribution in [1.82, 2.24) is 4.65 Å². The molecule has 0 radical (unpaired) electrons. The maximum Gasteiger partial charge on any atom is 0.150 e. The van der Waals surface area contributed by atoms with Gasteiger partial charge in [-0.2, -0.15) is 11.1 Å². The first-order chi connectivity index (χ1) is 3.56. The summed E-state index contributed by atoms with van der Waals surface area (Å²) in [6, 6.07) is 0. The summed E-state index contributed by atoms with van der Waals surface area (Å²) in [4.78, 5) is 0. The molecule has 0 aromatic heterocycles. The average Bonchev–Trinajstić information content (AvgIpc) is 1.59. The molecule has 0 aliphatic carbocycles. The molecule has 0 aliphatic rings. The van der Waals surface area contributed by atoms with Crippen LogP contribution in [0.5, 0.6) is 0 Å². The van der Waals surface area contributed by atoms with Gasteiger partial charge < -0.3 is 4.65 Å². The van der Waals surface area contributed by atoms with Crippen LogP contribution in [-0.4, -0.2) is 25.8 Å². The van der Waals surface area contributed by atoms with Crippen molar-refractivity contribution in [1.29, 1.82) is 0 Å². The Labute approximate surface area is 61.5 Å². The van der Waals surface area contributed by atoms with E-state index in [1.807, 2.05) is 0 Å². The van der Waals surface area contributed by atoms with Gasteiger partial charge in [-0.25, -0.2) is 0 Å². The minimum absolute atomic E-state index is 0.0343. The Morgan fingerprint density at radius 3 is 2.12 bits per heavy atom. The lowest BCUT2D eigenvalue weighted by Gasteiger charge is -2.10. The van der Waals surface area contributed by atoms with Crippen molar-refractivity contribution in [2.75, 3.05) is 0 Å². The summed E-state index contributed by atoms with van der Waals surface area (Å²) >= 11 is 6.07. The number of hydrogen-bond donors (Lipinski definition) is 1. The maximum atomic E-state index is 6.07. The van der Waals surface area contributed by atoms with Crippen molar-refractivity contribution >= 4 is 36.9 Å². The van der Waals surface area contributed by atoms with Crippen molar-refractivity contribution in [3.63, 3.8) is 0 Å². The molecule has 0 heterocycles. The number of halogens is 1. The van der Waals surface area contributed by atoms with Gasteiger partial charge in [0.25, 0.3) is 0 Å². The van der Waals surface area contributed by atoms with Crippen molar-refractivity contribution in [2.24, 2.45) is 0 Å². The van der Waals surface area contributed by atoms with Crippen molar-refractivity contribution in [3.8, 4) is 0 Å². The standard InChI is InChI=1S/C3H14ClNSi3/c1-6-5-7-8(2,3)4/h5H,6-7H2,1-3H3. The van der Waals surface area contributed by atoms with Crippen molar-refractivity contribution < 1.29 is 0 Å². The van der Waals surface area contributed by atoms with Gasteiger partial charge in [0.05, 0.1) is 18.9 Å². The summed E-state index contributed by atoms with van der Waals surface area (Å²) in [6.45, 7) is 5.56. The lowest BCUT2D eigenvalue weighted by molar-refractivity contribution is 1.59. The Bertz CT molecular complexity index is 62.0. The van der Waals surface area contributed by atoms with Gasteiger partial charge in [0.15, 0.2) is 0 Å². The fourth-order valence-corrected chi connectivity index (χ4v) is 14.0. The fourth-order valence-electron chi connectivity index (χ4n) is 0.422. The molecule has 0 amide bonds. The van der Waals surface area contributed by atoms with Gasteiger partial charge in [0.2, 0.25) is 0 Å². The van der Waals surface area contributed by atoms with Crippen LogP contribution >= 0.6 is 11.1 Å². The van der Waals surface area contributed by atoms with Crippen LogP contribution in [0.4, 0.5) is 0 Å². The molecule has 0 aliphatic heterocycles. The molecule has 0 atom stereocenters. The molecule has 1 nitrogen and oxygen atoms in total. The van der Waals surface area contributed by atoms with Gasteiger partial charge >= 0.3 is 0 Å². The molecule has 5 heteroatoms. The van der Waals surface area contributed by atoms with Gasteiger partial charge in [-0.05, 0) is 0 Å². The molecular weight excluding hydrogens is 170 g/mol. The fraction of sp³-hybridized carbons (Fsp3) is 1.00. The van der Waals surface area contributed by atoms with Crippen LogP contribution in [0.3, 0.4) is 0 Å². The molecular formula is C3H14ClNSi3. The second kappa shape index (κ2) is 3.84. The van der Waals surface area contributed by atoms with Crippen LogP contribution in [0, 0.1) is 0 Å². The van der Waals surface area contributed by atoms with E-state index in [0.717, 1.165) is 0 Å². The van der Waals surface area contributed by atoms with Crippen LogP contribution in [0.15, 0.2) is 0 Å². The molecule has 0 aromatic rings. The maximum absolute atomic E-state index is 6.07. The third-order valence-corrected chi connectivity index (χ3v) is 10.6. The van der Waals surface area contributed by atoms with E-state index in [1.54, 1.807) is 0 Å². The second-order valence-electron chi connectivity index (χ2n) is 2.50. The summed E-state index contributed by atoms with van der Waals surface area (Å²) in [7, 11) is 0.0618. The highest BCUT2D eigenvalue weighted by Crippen LogP contribution is 2.01. The molecule has 0 spiro atoms. The number of nitrogens with one attached hydrogen (secondary N) is 1. The molecule has 0 saturated carbocycles. The van der Waals surface area contributed by atoms with Gasteiger partial charge in [0, 0.05) is 0 Å². The highest BCUT2D eigenvalue weighted by Gasteiger charge is 2.15. The average molecular weight is 184 g/mol. The van der Waals surface area contributed by atoms with Gasteiger partial charge in [-0.3, -0.25) is 0 Å². The Balaban J connectivity index is 3.11. The Morgan fingerprint density at radius 2 is 2.00 bits per heavy atom. The molecule has 0 rings (SSSR count). The van der Waals surface area contributed by atoms with Crippen LogP contribution in [0.2, 0.25) is 19.6 Å². The zero-order valence-electron chi connectivity index (χ0n) is 5.79. The zero-order valence-corrected chi connectivity index (χ0v) is 10.4. The van der Waals surface area contributed by atoms with Crippen molar-refractivity contribution in [2.45, 2.75) is 19.6 Å². The summed E-state index contributed by atoms with van der Waals surface area (Å²) in [6.07, 6.45) is 0. The topological polar surface area (TPSA) is 12.0 Å². The summed E-state index contributed by atoms with van der Waals surface area (Å²) in [5.74, 6) is 0. The predicted molar refractivity (Wildman–Crippen MR) is 49.4 cm³/mol. The van der Waals surface area contributed by atoms with Gasteiger partial charge in [-0.1, -0.05) is 19.6 Å². The molecule has 0 unspecified atom stereocenters. The summed E-state index contributed by atoms with van der Waals surface area (Å²) in [5.41, 5.74) is 0. The van der Waals surface area contributed by atoms with Gasteiger partial charge in [-0.15, -0.1) is 0 Å². The first-order valence-corrected chi connectivity index (χ1v) is 12.1. The van der Waals surface area contributed by atoms with E-state index in [-0.39, 0.29) is 18.9 Å². The zero-order chi connectivity index (χ0) is 6.62. The SMILES string of the molecule is C[SiH2]N[SiH2][Si](C)(C)Cl. The molecule has 0 saturated heterocycles. The van der Waals surface area contributed by atoms with E-state index in [4.69, 9.17) is 11.1 Å². The minimum Gasteiger partial charge on any atom is -0.370 e. The third-order valence-electron chi connectivity index (χ3n) is 0.795. The lowest BCUT2D eigenvalue weighted by Crippen LogP contribution is -2.39. The number of rotatable bonds is 3. The highest BCUT2D eigenvalue weighted by atomic mass is 35.6. The van der Waals surface area contributed by atoms with E-state index < -0.39 is 6.90 Å². The molecule has 0 aromatic carbocycles. The quantitative estimate of drug-likeness (QED) is 0.470. The molecule has 1 N–H and O–H groups in total. The molecule has 50 valence electrons. The smallest absolute Gasteiger partial charge is 0.150 e. The lowest BCUT2D eigenvalue weighted by atomic mass is 11.9. The van der Waals surface area contributed by atoms with Crippen LogP contribution in [-0.2, 0) is 0 Å². The van der Waals surface area contributed by atoms with E-state index in [9.17, 15) is 0 Å². The van der Waals surface area contributed by atoms with E-state index in [2.05, 4.69) is 24.3 Å². The van der Waals surface area contributed by atoms with E-state index in [0.29, 0.717) is 0 Å². The van der Waals surface area contributed by atoms with Crippen molar-refractivity contribution in [3.05, 3.63) is 0 Å². The normalized spacial score (nSPS) is 15.0. The molecule has 8 heavy (non-hydrogen) atoms. The molecule has 0 bridgehead atoms. The first-order valence-electron chi connectivity index (χ1n) is 2.96. The van der Waals surface area contributed by atoms with E-state index >= 15 is 0 Å².